The molecular formula is C12H25NO2S. The fraction of sp³-hybridized carbons (Fsp3) is 1.00. The van der Waals surface area contributed by atoms with E-state index in [-0.39, 0.29) is 17.3 Å². The molecule has 0 amide bonds. The highest BCUT2D eigenvalue weighted by molar-refractivity contribution is 7.90. The summed E-state index contributed by atoms with van der Waals surface area (Å²) in [5, 5.41) is 3.48. The quantitative estimate of drug-likeness (QED) is 0.808. The average molecular weight is 247 g/mol. The molecule has 1 aliphatic carbocycles. The summed E-state index contributed by atoms with van der Waals surface area (Å²) in [6.45, 7) is 6.35. The maximum Gasteiger partial charge on any atom is 0.148 e. The Kier molecular flexibility index (Phi) is 4.41. The van der Waals surface area contributed by atoms with Crippen LogP contribution in [0.5, 0.6) is 0 Å². The van der Waals surface area contributed by atoms with Gasteiger partial charge in [-0.1, -0.05) is 12.8 Å². The molecule has 1 saturated carbocycles. The molecule has 1 rings (SSSR count). The van der Waals surface area contributed by atoms with Crippen LogP contribution in [0.1, 0.15) is 46.5 Å². The zero-order valence-electron chi connectivity index (χ0n) is 10.9. The van der Waals surface area contributed by atoms with Gasteiger partial charge in [-0.25, -0.2) is 8.42 Å². The molecule has 0 heterocycles. The monoisotopic (exact) mass is 247 g/mol. The lowest BCUT2D eigenvalue weighted by molar-refractivity contribution is 0.239. The fourth-order valence-electron chi connectivity index (χ4n) is 2.90. The van der Waals surface area contributed by atoms with E-state index >= 15 is 0 Å². The summed E-state index contributed by atoms with van der Waals surface area (Å²) in [4.78, 5) is 0. The second kappa shape index (κ2) is 5.05. The first-order valence-corrected chi connectivity index (χ1v) is 8.22. The zero-order chi connectivity index (χ0) is 12.4. The van der Waals surface area contributed by atoms with Crippen LogP contribution in [0.25, 0.3) is 0 Å². The number of sulfone groups is 1. The summed E-state index contributed by atoms with van der Waals surface area (Å²) in [6.07, 6.45) is 6.47. The fourth-order valence-corrected chi connectivity index (χ4v) is 3.89. The molecule has 4 heteroatoms. The lowest BCUT2D eigenvalue weighted by Crippen LogP contribution is -2.51. The summed E-state index contributed by atoms with van der Waals surface area (Å²) in [6, 6.07) is 0.0330. The molecule has 0 aromatic carbocycles. The Hall–Kier alpha value is -0.0900. The normalized spacial score (nSPS) is 21.2. The Balaban J connectivity index is 2.51. The van der Waals surface area contributed by atoms with E-state index in [0.717, 1.165) is 0 Å². The van der Waals surface area contributed by atoms with Crippen LogP contribution in [-0.2, 0) is 9.84 Å². The van der Waals surface area contributed by atoms with Gasteiger partial charge in [0.2, 0.25) is 0 Å². The number of hydrogen-bond acceptors (Lipinski definition) is 3. The van der Waals surface area contributed by atoms with Gasteiger partial charge in [-0.2, -0.15) is 0 Å². The highest BCUT2D eigenvalue weighted by Crippen LogP contribution is 2.33. The van der Waals surface area contributed by atoms with Gasteiger partial charge in [-0.05, 0) is 39.5 Å². The van der Waals surface area contributed by atoms with Gasteiger partial charge < -0.3 is 5.32 Å². The number of rotatable bonds is 5. The molecule has 0 aromatic rings. The molecule has 1 atom stereocenters. The second-order valence-corrected chi connectivity index (χ2v) is 8.03. The molecule has 0 spiro atoms. The molecule has 1 N–H and O–H groups in total. The van der Waals surface area contributed by atoms with E-state index in [9.17, 15) is 8.42 Å². The second-order valence-electron chi connectivity index (χ2n) is 5.84. The Morgan fingerprint density at radius 1 is 1.31 bits per heavy atom. The van der Waals surface area contributed by atoms with Gasteiger partial charge in [0.1, 0.15) is 9.84 Å². The van der Waals surface area contributed by atoms with Gasteiger partial charge in [0.05, 0.1) is 5.75 Å². The third kappa shape index (κ3) is 4.42. The summed E-state index contributed by atoms with van der Waals surface area (Å²) >= 11 is 0. The molecule has 0 aliphatic heterocycles. The molecule has 1 aliphatic rings. The first kappa shape index (κ1) is 14.0. The molecule has 0 aromatic heterocycles. The van der Waals surface area contributed by atoms with Crippen molar-refractivity contribution in [3.05, 3.63) is 0 Å². The molecule has 0 saturated heterocycles. The van der Waals surface area contributed by atoms with Crippen LogP contribution in [0.3, 0.4) is 0 Å². The van der Waals surface area contributed by atoms with Crippen LogP contribution < -0.4 is 5.32 Å². The average Bonchev–Trinajstić information content (AvgIpc) is 2.49. The van der Waals surface area contributed by atoms with Crippen molar-refractivity contribution in [1.82, 2.24) is 5.32 Å². The molecular weight excluding hydrogens is 222 g/mol. The lowest BCUT2D eigenvalue weighted by Gasteiger charge is -2.35. The Bertz CT molecular complexity index is 316. The smallest absolute Gasteiger partial charge is 0.148 e. The predicted octanol–water partition coefficient (Wildman–Crippen LogP) is 1.98. The van der Waals surface area contributed by atoms with Crippen LogP contribution >= 0.6 is 0 Å². The zero-order valence-corrected chi connectivity index (χ0v) is 11.7. The molecule has 96 valence electrons. The minimum absolute atomic E-state index is 0.0330. The van der Waals surface area contributed by atoms with E-state index in [1.165, 1.54) is 31.9 Å². The van der Waals surface area contributed by atoms with Gasteiger partial charge in [0.15, 0.2) is 0 Å². The van der Waals surface area contributed by atoms with E-state index in [0.29, 0.717) is 5.92 Å². The maximum atomic E-state index is 11.2. The van der Waals surface area contributed by atoms with Crippen molar-refractivity contribution in [2.75, 3.05) is 12.0 Å². The van der Waals surface area contributed by atoms with Gasteiger partial charge in [-0.15, -0.1) is 0 Å². The van der Waals surface area contributed by atoms with E-state index in [1.807, 2.05) is 6.92 Å². The van der Waals surface area contributed by atoms with Crippen LogP contribution in [0.2, 0.25) is 0 Å². The SMILES string of the molecule is CC(CS(C)(=O)=O)NC(C)(C)C1CCCC1. The third-order valence-corrected chi connectivity index (χ3v) is 4.65. The first-order chi connectivity index (χ1) is 7.21. The van der Waals surface area contributed by atoms with Crippen molar-refractivity contribution in [3.8, 4) is 0 Å². The largest absolute Gasteiger partial charge is 0.308 e. The predicted molar refractivity (Wildman–Crippen MR) is 68.3 cm³/mol. The van der Waals surface area contributed by atoms with Gasteiger partial charge >= 0.3 is 0 Å². The maximum absolute atomic E-state index is 11.2. The molecule has 0 radical (unpaired) electrons. The minimum atomic E-state index is -2.88. The molecule has 16 heavy (non-hydrogen) atoms. The van der Waals surface area contributed by atoms with Crippen molar-refractivity contribution >= 4 is 9.84 Å². The highest BCUT2D eigenvalue weighted by Gasteiger charge is 2.32. The summed E-state index contributed by atoms with van der Waals surface area (Å²) in [5.41, 5.74) is 0.0562. The number of hydrogen-bond donors (Lipinski definition) is 1. The summed E-state index contributed by atoms with van der Waals surface area (Å²) < 4.78 is 22.4. The number of nitrogens with one attached hydrogen (secondary N) is 1. The highest BCUT2D eigenvalue weighted by atomic mass is 32.2. The molecule has 0 bridgehead atoms. The van der Waals surface area contributed by atoms with E-state index in [1.54, 1.807) is 0 Å². The van der Waals surface area contributed by atoms with E-state index < -0.39 is 9.84 Å². The van der Waals surface area contributed by atoms with Crippen molar-refractivity contribution < 1.29 is 8.42 Å². The van der Waals surface area contributed by atoms with Crippen molar-refractivity contribution in [2.24, 2.45) is 5.92 Å². The Morgan fingerprint density at radius 2 is 1.81 bits per heavy atom. The third-order valence-electron chi connectivity index (χ3n) is 3.55. The van der Waals surface area contributed by atoms with Gasteiger partial charge in [0, 0.05) is 17.8 Å². The van der Waals surface area contributed by atoms with Crippen LogP contribution in [0, 0.1) is 5.92 Å². The summed E-state index contributed by atoms with van der Waals surface area (Å²) in [5.74, 6) is 0.915. The van der Waals surface area contributed by atoms with Crippen LogP contribution in [0.4, 0.5) is 0 Å². The lowest BCUT2D eigenvalue weighted by atomic mass is 9.85. The Morgan fingerprint density at radius 3 is 2.25 bits per heavy atom. The van der Waals surface area contributed by atoms with E-state index in [2.05, 4.69) is 19.2 Å². The van der Waals surface area contributed by atoms with Gasteiger partial charge in [-0.3, -0.25) is 0 Å². The van der Waals surface area contributed by atoms with Crippen LogP contribution in [-0.4, -0.2) is 32.0 Å². The molecule has 1 unspecified atom stereocenters. The van der Waals surface area contributed by atoms with Crippen molar-refractivity contribution in [1.29, 1.82) is 0 Å². The minimum Gasteiger partial charge on any atom is -0.308 e. The Labute approximate surface area is 99.9 Å². The standard InChI is InChI=1S/C12H25NO2S/c1-10(9-16(4,14)15)13-12(2,3)11-7-5-6-8-11/h10-11,13H,5-9H2,1-4H3. The first-order valence-electron chi connectivity index (χ1n) is 6.16. The summed E-state index contributed by atoms with van der Waals surface area (Å²) in [7, 11) is -2.88. The molecule has 1 fully saturated rings. The topological polar surface area (TPSA) is 46.2 Å². The van der Waals surface area contributed by atoms with Crippen molar-refractivity contribution in [3.63, 3.8) is 0 Å². The van der Waals surface area contributed by atoms with Gasteiger partial charge in [0.25, 0.3) is 0 Å². The molecule has 3 nitrogen and oxygen atoms in total. The van der Waals surface area contributed by atoms with E-state index in [4.69, 9.17) is 0 Å². The van der Waals surface area contributed by atoms with Crippen molar-refractivity contribution in [2.45, 2.75) is 58.0 Å². The van der Waals surface area contributed by atoms with Crippen LogP contribution in [0.15, 0.2) is 0 Å².